The molecule has 70 valence electrons. The number of benzene rings is 1. The number of nitrogens with two attached hydrogens (primary N) is 3. The van der Waals surface area contributed by atoms with E-state index in [2.05, 4.69) is 10.9 Å². The SMILES string of the molecule is NN=C(N)N.O=Cc1ccccc1. The van der Waals surface area contributed by atoms with E-state index in [9.17, 15) is 4.79 Å². The Morgan fingerprint density at radius 2 is 1.69 bits per heavy atom. The molecule has 1 aromatic carbocycles. The number of nitrogens with zero attached hydrogens (tertiary/aromatic N) is 1. The Kier molecular flexibility index (Phi) is 5.61. The number of rotatable bonds is 1. The van der Waals surface area contributed by atoms with Crippen molar-refractivity contribution in [3.05, 3.63) is 35.9 Å². The van der Waals surface area contributed by atoms with Crippen molar-refractivity contribution in [1.82, 2.24) is 0 Å². The minimum absolute atomic E-state index is 0.0926. The molecule has 0 saturated heterocycles. The highest BCUT2D eigenvalue weighted by Crippen LogP contribution is 1.91. The molecular formula is C8H12N4O. The van der Waals surface area contributed by atoms with Crippen LogP contribution >= 0.6 is 0 Å². The Hall–Kier alpha value is -2.04. The molecule has 0 aliphatic heterocycles. The van der Waals surface area contributed by atoms with Crippen molar-refractivity contribution in [2.45, 2.75) is 0 Å². The second-order valence-electron chi connectivity index (χ2n) is 2.08. The van der Waals surface area contributed by atoms with Gasteiger partial charge in [0.1, 0.15) is 6.29 Å². The highest BCUT2D eigenvalue weighted by molar-refractivity contribution is 5.75. The Labute approximate surface area is 76.2 Å². The van der Waals surface area contributed by atoms with E-state index < -0.39 is 0 Å². The molecule has 6 N–H and O–H groups in total. The standard InChI is InChI=1S/C7H6O.CH6N4/c8-6-7-4-2-1-3-5-7;2-1(3)5-4/h1-6H;4H2,(H4,2,3,5). The smallest absolute Gasteiger partial charge is 0.208 e. The second kappa shape index (κ2) is 6.66. The Bertz CT molecular complexity index is 267. The molecule has 1 rings (SSSR count). The number of hydrogen-bond acceptors (Lipinski definition) is 3. The first-order valence-electron chi connectivity index (χ1n) is 3.49. The molecule has 0 saturated carbocycles. The fraction of sp³-hybridized carbons (Fsp3) is 0. The number of aldehydes is 1. The molecule has 0 radical (unpaired) electrons. The van der Waals surface area contributed by atoms with Gasteiger partial charge in [-0.1, -0.05) is 30.3 Å². The van der Waals surface area contributed by atoms with Crippen molar-refractivity contribution in [3.8, 4) is 0 Å². The normalized spacial score (nSPS) is 7.69. The van der Waals surface area contributed by atoms with E-state index in [-0.39, 0.29) is 5.96 Å². The van der Waals surface area contributed by atoms with Crippen molar-refractivity contribution < 1.29 is 4.79 Å². The predicted octanol–water partition coefficient (Wildman–Crippen LogP) is -0.367. The molecule has 0 amide bonds. The lowest BCUT2D eigenvalue weighted by molar-refractivity contribution is 0.112. The van der Waals surface area contributed by atoms with Gasteiger partial charge in [0.2, 0.25) is 5.96 Å². The van der Waals surface area contributed by atoms with Crippen LogP contribution in [0.4, 0.5) is 0 Å². The van der Waals surface area contributed by atoms with Gasteiger partial charge < -0.3 is 17.3 Å². The van der Waals surface area contributed by atoms with Crippen LogP contribution in [0.3, 0.4) is 0 Å². The Morgan fingerprint density at radius 3 is 1.92 bits per heavy atom. The number of carbonyl (C=O) groups excluding carboxylic acids is 1. The molecule has 0 fully saturated rings. The van der Waals surface area contributed by atoms with Gasteiger partial charge >= 0.3 is 0 Å². The van der Waals surface area contributed by atoms with Crippen LogP contribution in [0.15, 0.2) is 35.4 Å². The molecule has 0 aromatic heterocycles. The first kappa shape index (κ1) is 11.0. The Morgan fingerprint density at radius 1 is 1.23 bits per heavy atom. The summed E-state index contributed by atoms with van der Waals surface area (Å²) >= 11 is 0. The van der Waals surface area contributed by atoms with E-state index in [4.69, 9.17) is 11.5 Å². The van der Waals surface area contributed by atoms with E-state index in [0.717, 1.165) is 11.8 Å². The summed E-state index contributed by atoms with van der Waals surface area (Å²) < 4.78 is 0. The molecule has 0 heterocycles. The van der Waals surface area contributed by atoms with Gasteiger partial charge in [0.25, 0.3) is 0 Å². The summed E-state index contributed by atoms with van der Waals surface area (Å²) in [6.07, 6.45) is 0.833. The average Bonchev–Trinajstić information content (AvgIpc) is 2.20. The summed E-state index contributed by atoms with van der Waals surface area (Å²) in [6.45, 7) is 0. The quantitative estimate of drug-likeness (QED) is 0.180. The monoisotopic (exact) mass is 180 g/mol. The molecule has 13 heavy (non-hydrogen) atoms. The molecule has 0 unspecified atom stereocenters. The van der Waals surface area contributed by atoms with Crippen molar-refractivity contribution in [1.29, 1.82) is 0 Å². The molecular weight excluding hydrogens is 168 g/mol. The van der Waals surface area contributed by atoms with Gasteiger partial charge in [-0.3, -0.25) is 4.79 Å². The molecule has 5 heteroatoms. The van der Waals surface area contributed by atoms with Crippen LogP contribution in [0, 0.1) is 0 Å². The topological polar surface area (TPSA) is 107 Å². The third-order valence-electron chi connectivity index (χ3n) is 1.08. The van der Waals surface area contributed by atoms with Gasteiger partial charge in [0, 0.05) is 5.56 Å². The van der Waals surface area contributed by atoms with Crippen LogP contribution in [0.1, 0.15) is 10.4 Å². The summed E-state index contributed by atoms with van der Waals surface area (Å²) in [5.74, 6) is 4.42. The van der Waals surface area contributed by atoms with Gasteiger partial charge in [-0.15, -0.1) is 5.10 Å². The van der Waals surface area contributed by atoms with Gasteiger partial charge in [-0.2, -0.15) is 0 Å². The van der Waals surface area contributed by atoms with Crippen molar-refractivity contribution in [2.24, 2.45) is 22.4 Å². The zero-order chi connectivity index (χ0) is 10.1. The second-order valence-corrected chi connectivity index (χ2v) is 2.08. The minimum Gasteiger partial charge on any atom is -0.369 e. The van der Waals surface area contributed by atoms with Crippen molar-refractivity contribution in [2.75, 3.05) is 0 Å². The minimum atomic E-state index is -0.0926. The third kappa shape index (κ3) is 6.36. The molecule has 0 aliphatic rings. The van der Waals surface area contributed by atoms with E-state index in [1.165, 1.54) is 0 Å². The van der Waals surface area contributed by atoms with Crippen LogP contribution in [0.2, 0.25) is 0 Å². The Balaban J connectivity index is 0.000000252. The largest absolute Gasteiger partial charge is 0.369 e. The third-order valence-corrected chi connectivity index (χ3v) is 1.08. The lowest BCUT2D eigenvalue weighted by Crippen LogP contribution is -2.23. The van der Waals surface area contributed by atoms with Gasteiger partial charge in [0.15, 0.2) is 0 Å². The van der Waals surface area contributed by atoms with Gasteiger partial charge in [0.05, 0.1) is 0 Å². The maximum Gasteiger partial charge on any atom is 0.208 e. The molecule has 0 atom stereocenters. The molecule has 0 spiro atoms. The number of hydrazone groups is 1. The van der Waals surface area contributed by atoms with Crippen LogP contribution in [-0.4, -0.2) is 12.2 Å². The zero-order valence-electron chi connectivity index (χ0n) is 7.05. The summed E-state index contributed by atoms with van der Waals surface area (Å²) in [4.78, 5) is 10.0. The van der Waals surface area contributed by atoms with Gasteiger partial charge in [-0.25, -0.2) is 0 Å². The van der Waals surface area contributed by atoms with Crippen LogP contribution in [-0.2, 0) is 0 Å². The molecule has 5 nitrogen and oxygen atoms in total. The highest BCUT2D eigenvalue weighted by Gasteiger charge is 1.79. The maximum absolute atomic E-state index is 10.0. The first-order valence-corrected chi connectivity index (χ1v) is 3.49. The zero-order valence-corrected chi connectivity index (χ0v) is 7.05. The fourth-order valence-electron chi connectivity index (χ4n) is 0.532. The number of guanidine groups is 1. The molecule has 0 aliphatic carbocycles. The first-order chi connectivity index (χ1) is 6.20. The van der Waals surface area contributed by atoms with Crippen LogP contribution < -0.4 is 17.3 Å². The van der Waals surface area contributed by atoms with Crippen LogP contribution in [0.5, 0.6) is 0 Å². The summed E-state index contributed by atoms with van der Waals surface area (Å²) in [6, 6.07) is 9.10. The van der Waals surface area contributed by atoms with E-state index in [1.54, 1.807) is 12.1 Å². The van der Waals surface area contributed by atoms with E-state index in [1.807, 2.05) is 18.2 Å². The summed E-state index contributed by atoms with van der Waals surface area (Å²) in [5.41, 5.74) is 10.1. The summed E-state index contributed by atoms with van der Waals surface area (Å²) in [7, 11) is 0. The van der Waals surface area contributed by atoms with Gasteiger partial charge in [-0.05, 0) is 0 Å². The van der Waals surface area contributed by atoms with E-state index >= 15 is 0 Å². The number of carbonyl (C=O) groups is 1. The molecule has 0 bridgehead atoms. The lowest BCUT2D eigenvalue weighted by Gasteiger charge is -1.81. The van der Waals surface area contributed by atoms with Crippen LogP contribution in [0.25, 0.3) is 0 Å². The summed E-state index contributed by atoms with van der Waals surface area (Å²) in [5, 5.41) is 2.86. The predicted molar refractivity (Wildman–Crippen MR) is 51.8 cm³/mol. The van der Waals surface area contributed by atoms with Crippen molar-refractivity contribution in [3.63, 3.8) is 0 Å². The average molecular weight is 180 g/mol. The highest BCUT2D eigenvalue weighted by atomic mass is 16.1. The van der Waals surface area contributed by atoms with E-state index in [0.29, 0.717) is 0 Å². The lowest BCUT2D eigenvalue weighted by atomic mass is 10.2. The van der Waals surface area contributed by atoms with Crippen molar-refractivity contribution >= 4 is 12.2 Å². The molecule has 1 aromatic rings. The fourth-order valence-corrected chi connectivity index (χ4v) is 0.532. The maximum atomic E-state index is 10.0. The number of hydrogen-bond donors (Lipinski definition) is 3.